The molecule has 18 heavy (non-hydrogen) atoms. The smallest absolute Gasteiger partial charge is 0.320 e. The molecule has 1 atom stereocenters. The van der Waals surface area contributed by atoms with Crippen molar-refractivity contribution in [3.05, 3.63) is 36.0 Å². The van der Waals surface area contributed by atoms with Crippen LogP contribution in [0.5, 0.6) is 0 Å². The maximum Gasteiger partial charge on any atom is 0.320 e. The minimum absolute atomic E-state index is 0.245. The molecule has 0 aliphatic carbocycles. The number of aryl methyl sites for hydroxylation is 1. The third-order valence-corrected chi connectivity index (χ3v) is 2.95. The minimum Gasteiger partial charge on any atom is -0.480 e. The van der Waals surface area contributed by atoms with E-state index in [9.17, 15) is 9.18 Å². The average molecular weight is 250 g/mol. The van der Waals surface area contributed by atoms with Crippen molar-refractivity contribution >= 4 is 16.9 Å². The van der Waals surface area contributed by atoms with Gasteiger partial charge in [0, 0.05) is 23.5 Å². The SMILES string of the molecule is NC(Cc1cn(CCF)c2ccccc12)C(=O)O. The second-order valence-corrected chi connectivity index (χ2v) is 4.20. The number of para-hydroxylation sites is 1. The molecule has 0 aliphatic rings. The Morgan fingerprint density at radius 2 is 2.17 bits per heavy atom. The molecular formula is C13H15FN2O2. The molecule has 2 rings (SSSR count). The van der Waals surface area contributed by atoms with Gasteiger partial charge in [-0.1, -0.05) is 18.2 Å². The molecule has 0 amide bonds. The maximum absolute atomic E-state index is 12.5. The fraction of sp³-hybridized carbons (Fsp3) is 0.308. The third kappa shape index (κ3) is 2.36. The summed E-state index contributed by atoms with van der Waals surface area (Å²) in [7, 11) is 0. The van der Waals surface area contributed by atoms with Gasteiger partial charge in [-0.2, -0.15) is 0 Å². The number of carboxylic acid groups (broad SMARTS) is 1. The number of benzene rings is 1. The van der Waals surface area contributed by atoms with Crippen LogP contribution in [0.1, 0.15) is 5.56 Å². The van der Waals surface area contributed by atoms with Crippen LogP contribution >= 0.6 is 0 Å². The number of hydrogen-bond acceptors (Lipinski definition) is 2. The van der Waals surface area contributed by atoms with Crippen molar-refractivity contribution in [2.45, 2.75) is 19.0 Å². The number of carbonyl (C=O) groups is 1. The van der Waals surface area contributed by atoms with Crippen molar-refractivity contribution in [1.82, 2.24) is 4.57 Å². The number of halogens is 1. The highest BCUT2D eigenvalue weighted by Crippen LogP contribution is 2.22. The average Bonchev–Trinajstić information content (AvgIpc) is 2.69. The van der Waals surface area contributed by atoms with Crippen molar-refractivity contribution < 1.29 is 14.3 Å². The summed E-state index contributed by atoms with van der Waals surface area (Å²) in [5.41, 5.74) is 7.29. The van der Waals surface area contributed by atoms with Gasteiger partial charge >= 0.3 is 5.97 Å². The third-order valence-electron chi connectivity index (χ3n) is 2.95. The van der Waals surface area contributed by atoms with E-state index in [-0.39, 0.29) is 13.0 Å². The first-order valence-corrected chi connectivity index (χ1v) is 5.74. The molecule has 0 aliphatic heterocycles. The van der Waals surface area contributed by atoms with Crippen LogP contribution < -0.4 is 5.73 Å². The summed E-state index contributed by atoms with van der Waals surface area (Å²) in [5, 5.41) is 9.77. The van der Waals surface area contributed by atoms with Crippen LogP contribution in [0.2, 0.25) is 0 Å². The van der Waals surface area contributed by atoms with Gasteiger partial charge in [-0.25, -0.2) is 4.39 Å². The van der Waals surface area contributed by atoms with Gasteiger partial charge in [-0.15, -0.1) is 0 Å². The molecule has 0 bridgehead atoms. The van der Waals surface area contributed by atoms with Gasteiger partial charge in [-0.05, 0) is 11.6 Å². The van der Waals surface area contributed by atoms with E-state index >= 15 is 0 Å². The summed E-state index contributed by atoms with van der Waals surface area (Å²) >= 11 is 0. The van der Waals surface area contributed by atoms with Crippen LogP contribution in [0.3, 0.4) is 0 Å². The molecule has 0 spiro atoms. The molecule has 96 valence electrons. The number of nitrogens with zero attached hydrogens (tertiary/aromatic N) is 1. The monoisotopic (exact) mass is 250 g/mol. The van der Waals surface area contributed by atoms with Crippen LogP contribution in [0.4, 0.5) is 4.39 Å². The minimum atomic E-state index is -1.03. The predicted octanol–water partition coefficient (Wildman–Crippen LogP) is 1.57. The van der Waals surface area contributed by atoms with E-state index in [0.717, 1.165) is 16.5 Å². The summed E-state index contributed by atoms with van der Waals surface area (Å²) in [6.07, 6.45) is 2.03. The quantitative estimate of drug-likeness (QED) is 0.846. The number of fused-ring (bicyclic) bond motifs is 1. The van der Waals surface area contributed by atoms with Crippen LogP contribution in [-0.4, -0.2) is 28.4 Å². The Morgan fingerprint density at radius 1 is 1.44 bits per heavy atom. The number of aromatic nitrogens is 1. The van der Waals surface area contributed by atoms with Crippen LogP contribution in [0.25, 0.3) is 10.9 Å². The zero-order valence-electron chi connectivity index (χ0n) is 9.84. The second-order valence-electron chi connectivity index (χ2n) is 4.20. The molecule has 0 radical (unpaired) electrons. The van der Waals surface area contributed by atoms with Crippen LogP contribution in [0.15, 0.2) is 30.5 Å². The van der Waals surface area contributed by atoms with E-state index in [4.69, 9.17) is 10.8 Å². The largest absolute Gasteiger partial charge is 0.480 e. The fourth-order valence-corrected chi connectivity index (χ4v) is 2.09. The molecule has 1 unspecified atom stereocenters. The molecule has 1 aromatic carbocycles. The summed E-state index contributed by atoms with van der Waals surface area (Å²) in [5.74, 6) is -1.03. The second kappa shape index (κ2) is 5.18. The lowest BCUT2D eigenvalue weighted by Crippen LogP contribution is -2.32. The maximum atomic E-state index is 12.5. The van der Waals surface area contributed by atoms with Gasteiger partial charge in [0.1, 0.15) is 12.7 Å². The molecule has 0 saturated carbocycles. The Labute approximate surface area is 104 Å². The van der Waals surface area contributed by atoms with E-state index in [1.807, 2.05) is 24.3 Å². The molecule has 1 aromatic heterocycles. The van der Waals surface area contributed by atoms with Crippen LogP contribution in [0, 0.1) is 0 Å². The van der Waals surface area contributed by atoms with E-state index in [1.54, 1.807) is 10.8 Å². The van der Waals surface area contributed by atoms with Gasteiger partial charge in [-0.3, -0.25) is 4.79 Å². The Morgan fingerprint density at radius 3 is 2.83 bits per heavy atom. The van der Waals surface area contributed by atoms with E-state index in [0.29, 0.717) is 0 Å². The number of carboxylic acids is 1. The molecule has 0 saturated heterocycles. The fourth-order valence-electron chi connectivity index (χ4n) is 2.09. The molecule has 1 heterocycles. The number of alkyl halides is 1. The molecule has 0 fully saturated rings. The first kappa shape index (κ1) is 12.6. The van der Waals surface area contributed by atoms with Gasteiger partial charge in [0.25, 0.3) is 0 Å². The number of hydrogen-bond donors (Lipinski definition) is 2. The Balaban J connectivity index is 2.41. The highest BCUT2D eigenvalue weighted by Gasteiger charge is 2.16. The summed E-state index contributed by atoms with van der Waals surface area (Å²) in [4.78, 5) is 10.8. The Kier molecular flexibility index (Phi) is 3.62. The number of nitrogens with two attached hydrogens (primary N) is 1. The molecule has 5 heteroatoms. The normalized spacial score (nSPS) is 12.8. The highest BCUT2D eigenvalue weighted by atomic mass is 19.1. The van der Waals surface area contributed by atoms with E-state index in [1.165, 1.54) is 0 Å². The molecule has 4 nitrogen and oxygen atoms in total. The zero-order valence-corrected chi connectivity index (χ0v) is 9.84. The summed E-state index contributed by atoms with van der Waals surface area (Å²) in [6.45, 7) is -0.189. The van der Waals surface area contributed by atoms with E-state index < -0.39 is 18.7 Å². The van der Waals surface area contributed by atoms with Crippen LogP contribution in [-0.2, 0) is 17.8 Å². The lowest BCUT2D eigenvalue weighted by atomic mass is 10.1. The lowest BCUT2D eigenvalue weighted by molar-refractivity contribution is -0.138. The van der Waals surface area contributed by atoms with Gasteiger partial charge in [0.2, 0.25) is 0 Å². The van der Waals surface area contributed by atoms with Gasteiger partial charge < -0.3 is 15.4 Å². The number of aliphatic carboxylic acids is 1. The summed E-state index contributed by atoms with van der Waals surface area (Å²) < 4.78 is 14.3. The zero-order chi connectivity index (χ0) is 13.1. The first-order valence-electron chi connectivity index (χ1n) is 5.74. The van der Waals surface area contributed by atoms with Crippen molar-refractivity contribution in [2.24, 2.45) is 5.73 Å². The van der Waals surface area contributed by atoms with E-state index in [2.05, 4.69) is 0 Å². The lowest BCUT2D eigenvalue weighted by Gasteiger charge is -2.04. The highest BCUT2D eigenvalue weighted by molar-refractivity contribution is 5.85. The molecule has 3 N–H and O–H groups in total. The molecule has 2 aromatic rings. The van der Waals surface area contributed by atoms with Crippen molar-refractivity contribution in [3.8, 4) is 0 Å². The van der Waals surface area contributed by atoms with Crippen molar-refractivity contribution in [2.75, 3.05) is 6.67 Å². The topological polar surface area (TPSA) is 68.2 Å². The standard InChI is InChI=1S/C13H15FN2O2/c14-5-6-16-8-9(7-11(15)13(17)18)10-3-1-2-4-12(10)16/h1-4,8,11H,5-7,15H2,(H,17,18). The summed E-state index contributed by atoms with van der Waals surface area (Å²) in [6, 6.07) is 6.60. The van der Waals surface area contributed by atoms with Crippen molar-refractivity contribution in [1.29, 1.82) is 0 Å². The Hall–Kier alpha value is -1.88. The van der Waals surface area contributed by atoms with Gasteiger partial charge in [0.15, 0.2) is 0 Å². The van der Waals surface area contributed by atoms with Gasteiger partial charge in [0.05, 0.1) is 6.54 Å². The predicted molar refractivity (Wildman–Crippen MR) is 67.2 cm³/mol. The van der Waals surface area contributed by atoms with Crippen molar-refractivity contribution in [3.63, 3.8) is 0 Å². The molecular weight excluding hydrogens is 235 g/mol. The Bertz CT molecular complexity index is 565. The first-order chi connectivity index (χ1) is 8.63. The number of rotatable bonds is 5.